The van der Waals surface area contributed by atoms with Crippen LogP contribution in [0.4, 0.5) is 0 Å². The average Bonchev–Trinajstić information content (AvgIpc) is 2.25. The minimum absolute atomic E-state index is 0.297. The highest BCUT2D eigenvalue weighted by atomic mass is 35.5. The van der Waals surface area contributed by atoms with Crippen molar-refractivity contribution in [2.75, 3.05) is 13.2 Å². The van der Waals surface area contributed by atoms with Crippen LogP contribution in [0.3, 0.4) is 0 Å². The van der Waals surface area contributed by atoms with Gasteiger partial charge in [0.15, 0.2) is 0 Å². The summed E-state index contributed by atoms with van der Waals surface area (Å²) in [6.45, 7) is 1.18. The molecule has 1 amide bonds. The summed E-state index contributed by atoms with van der Waals surface area (Å²) in [5.41, 5.74) is 1.23. The van der Waals surface area contributed by atoms with E-state index in [1.54, 1.807) is 25.1 Å². The minimum Gasteiger partial charge on any atom is -0.394 e. The molecule has 1 aromatic rings. The van der Waals surface area contributed by atoms with Gasteiger partial charge in [0.05, 0.1) is 19.3 Å². The number of hydrogen-bond acceptors (Lipinski definition) is 3. The van der Waals surface area contributed by atoms with Crippen molar-refractivity contribution in [1.29, 1.82) is 0 Å². The maximum atomic E-state index is 11.7. The van der Waals surface area contributed by atoms with E-state index < -0.39 is 6.04 Å². The number of rotatable bonds is 4. The molecule has 0 bridgehead atoms. The average molecular weight is 244 g/mol. The van der Waals surface area contributed by atoms with E-state index in [1.165, 1.54) is 0 Å². The molecular weight excluding hydrogens is 230 g/mol. The van der Waals surface area contributed by atoms with E-state index >= 15 is 0 Å². The van der Waals surface area contributed by atoms with Gasteiger partial charge in [0.1, 0.15) is 0 Å². The number of amides is 1. The molecule has 16 heavy (non-hydrogen) atoms. The van der Waals surface area contributed by atoms with Crippen LogP contribution >= 0.6 is 11.6 Å². The number of aryl methyl sites for hydroxylation is 1. The smallest absolute Gasteiger partial charge is 0.251 e. The fraction of sp³-hybridized carbons (Fsp3) is 0.364. The monoisotopic (exact) mass is 243 g/mol. The fourth-order valence-electron chi connectivity index (χ4n) is 1.29. The van der Waals surface area contributed by atoms with Crippen molar-refractivity contribution in [3.8, 4) is 0 Å². The largest absolute Gasteiger partial charge is 0.394 e. The predicted molar refractivity (Wildman–Crippen MR) is 61.6 cm³/mol. The molecule has 4 nitrogen and oxygen atoms in total. The van der Waals surface area contributed by atoms with E-state index in [1.807, 2.05) is 0 Å². The molecule has 0 saturated heterocycles. The van der Waals surface area contributed by atoms with Crippen molar-refractivity contribution < 1.29 is 15.0 Å². The van der Waals surface area contributed by atoms with Gasteiger partial charge < -0.3 is 15.5 Å². The number of nitrogens with one attached hydrogen (secondary N) is 1. The number of halogens is 1. The number of aliphatic hydroxyl groups excluding tert-OH is 2. The molecule has 5 heteroatoms. The van der Waals surface area contributed by atoms with Crippen LogP contribution in [0, 0.1) is 6.92 Å². The summed E-state index contributed by atoms with van der Waals surface area (Å²) in [4.78, 5) is 11.7. The van der Waals surface area contributed by atoms with E-state index in [0.29, 0.717) is 10.6 Å². The Balaban J connectivity index is 2.80. The molecule has 0 aliphatic carbocycles. The second kappa shape index (κ2) is 5.84. The molecule has 0 saturated carbocycles. The van der Waals surface area contributed by atoms with Crippen LogP contribution in [0.15, 0.2) is 18.2 Å². The van der Waals surface area contributed by atoms with Crippen LogP contribution in [0.1, 0.15) is 15.9 Å². The van der Waals surface area contributed by atoms with E-state index in [2.05, 4.69) is 5.32 Å². The summed E-state index contributed by atoms with van der Waals surface area (Å²) in [5, 5.41) is 20.8. The first kappa shape index (κ1) is 13.0. The van der Waals surface area contributed by atoms with E-state index in [0.717, 1.165) is 5.56 Å². The third kappa shape index (κ3) is 3.20. The Morgan fingerprint density at radius 1 is 1.44 bits per heavy atom. The first-order chi connectivity index (χ1) is 7.58. The van der Waals surface area contributed by atoms with Crippen molar-refractivity contribution in [2.24, 2.45) is 0 Å². The minimum atomic E-state index is -0.637. The molecule has 0 spiro atoms. The molecule has 3 N–H and O–H groups in total. The molecule has 0 aliphatic rings. The lowest BCUT2D eigenvalue weighted by molar-refractivity contribution is 0.0879. The molecule has 0 unspecified atom stereocenters. The quantitative estimate of drug-likeness (QED) is 0.730. The first-order valence-corrected chi connectivity index (χ1v) is 5.25. The highest BCUT2D eigenvalue weighted by Crippen LogP contribution is 2.15. The second-order valence-corrected chi connectivity index (χ2v) is 3.93. The van der Waals surface area contributed by atoms with Crippen molar-refractivity contribution in [3.05, 3.63) is 34.3 Å². The molecule has 1 rings (SSSR count). The molecule has 0 fully saturated rings. The lowest BCUT2D eigenvalue weighted by Crippen LogP contribution is -2.40. The maximum absolute atomic E-state index is 11.7. The SMILES string of the molecule is Cc1cc(Cl)ccc1C(=O)NC(CO)CO. The molecule has 0 aromatic heterocycles. The van der Waals surface area contributed by atoms with Gasteiger partial charge in [0.2, 0.25) is 0 Å². The number of benzene rings is 1. The highest BCUT2D eigenvalue weighted by molar-refractivity contribution is 6.30. The highest BCUT2D eigenvalue weighted by Gasteiger charge is 2.13. The number of carbonyl (C=O) groups excluding carboxylic acids is 1. The van der Waals surface area contributed by atoms with Gasteiger partial charge in [0.25, 0.3) is 5.91 Å². The van der Waals surface area contributed by atoms with Gasteiger partial charge in [-0.15, -0.1) is 0 Å². The molecule has 0 atom stereocenters. The zero-order chi connectivity index (χ0) is 12.1. The van der Waals surface area contributed by atoms with Gasteiger partial charge in [0, 0.05) is 10.6 Å². The van der Waals surface area contributed by atoms with Crippen molar-refractivity contribution in [1.82, 2.24) is 5.32 Å². The number of carbonyl (C=O) groups is 1. The molecule has 0 aliphatic heterocycles. The molecule has 0 radical (unpaired) electrons. The van der Waals surface area contributed by atoms with E-state index in [9.17, 15) is 4.79 Å². The predicted octanol–water partition coefficient (Wildman–Crippen LogP) is 0.731. The number of hydrogen-bond donors (Lipinski definition) is 3. The lowest BCUT2D eigenvalue weighted by Gasteiger charge is -2.14. The Morgan fingerprint density at radius 2 is 2.06 bits per heavy atom. The molecular formula is C11H14ClNO3. The lowest BCUT2D eigenvalue weighted by atomic mass is 10.1. The third-order valence-corrected chi connectivity index (χ3v) is 2.44. The summed E-state index contributed by atoms with van der Waals surface area (Å²) in [7, 11) is 0. The zero-order valence-corrected chi connectivity index (χ0v) is 9.66. The summed E-state index contributed by atoms with van der Waals surface area (Å²) < 4.78 is 0. The van der Waals surface area contributed by atoms with Crippen LogP contribution in [0.25, 0.3) is 0 Å². The Kier molecular flexibility index (Phi) is 4.73. The van der Waals surface area contributed by atoms with E-state index in [4.69, 9.17) is 21.8 Å². The van der Waals surface area contributed by atoms with Gasteiger partial charge in [-0.25, -0.2) is 0 Å². The van der Waals surface area contributed by atoms with Crippen molar-refractivity contribution >= 4 is 17.5 Å². The topological polar surface area (TPSA) is 69.6 Å². The van der Waals surface area contributed by atoms with E-state index in [-0.39, 0.29) is 19.1 Å². The van der Waals surface area contributed by atoms with Crippen LogP contribution in [0.2, 0.25) is 5.02 Å². The summed E-state index contributed by atoms with van der Waals surface area (Å²) in [6, 6.07) is 4.28. The van der Waals surface area contributed by atoms with Gasteiger partial charge >= 0.3 is 0 Å². The number of aliphatic hydroxyl groups is 2. The Hall–Kier alpha value is -1.10. The molecule has 88 valence electrons. The Bertz CT molecular complexity index is 377. The first-order valence-electron chi connectivity index (χ1n) is 4.87. The van der Waals surface area contributed by atoms with Crippen LogP contribution < -0.4 is 5.32 Å². The second-order valence-electron chi connectivity index (χ2n) is 3.49. The standard InChI is InChI=1S/C11H14ClNO3/c1-7-4-8(12)2-3-10(7)11(16)13-9(5-14)6-15/h2-4,9,14-15H,5-6H2,1H3,(H,13,16). The summed E-state index contributed by atoms with van der Waals surface area (Å²) >= 11 is 5.77. The Labute approximate surface area is 98.9 Å². The van der Waals surface area contributed by atoms with Crippen LogP contribution in [-0.2, 0) is 0 Å². The van der Waals surface area contributed by atoms with Crippen molar-refractivity contribution in [3.63, 3.8) is 0 Å². The third-order valence-electron chi connectivity index (χ3n) is 2.21. The van der Waals surface area contributed by atoms with Crippen LogP contribution in [0.5, 0.6) is 0 Å². The molecule has 0 heterocycles. The summed E-state index contributed by atoms with van der Waals surface area (Å²) in [6.07, 6.45) is 0. The zero-order valence-electron chi connectivity index (χ0n) is 8.90. The maximum Gasteiger partial charge on any atom is 0.251 e. The molecule has 1 aromatic carbocycles. The van der Waals surface area contributed by atoms with Crippen molar-refractivity contribution in [2.45, 2.75) is 13.0 Å². The van der Waals surface area contributed by atoms with Gasteiger partial charge in [-0.2, -0.15) is 0 Å². The van der Waals surface area contributed by atoms with Crippen LogP contribution in [-0.4, -0.2) is 35.4 Å². The van der Waals surface area contributed by atoms with Gasteiger partial charge in [-0.3, -0.25) is 4.79 Å². The summed E-state index contributed by atoms with van der Waals surface area (Å²) in [5.74, 6) is -0.331. The Morgan fingerprint density at radius 3 is 2.56 bits per heavy atom. The normalized spacial score (nSPS) is 10.6. The van der Waals surface area contributed by atoms with Gasteiger partial charge in [-0.1, -0.05) is 11.6 Å². The van der Waals surface area contributed by atoms with Gasteiger partial charge in [-0.05, 0) is 30.7 Å². The fourth-order valence-corrected chi connectivity index (χ4v) is 1.52.